The van der Waals surface area contributed by atoms with Gasteiger partial charge in [-0.15, -0.1) is 10.2 Å². The van der Waals surface area contributed by atoms with Crippen LogP contribution in [-0.2, 0) is 34.2 Å². The summed E-state index contributed by atoms with van der Waals surface area (Å²) in [5.41, 5.74) is 0.967. The summed E-state index contributed by atoms with van der Waals surface area (Å²) in [5.74, 6) is 2.13. The summed E-state index contributed by atoms with van der Waals surface area (Å²) in [6.07, 6.45) is 7.38. The van der Waals surface area contributed by atoms with Crippen LogP contribution in [0.4, 0.5) is 0 Å². The van der Waals surface area contributed by atoms with E-state index in [0.29, 0.717) is 30.8 Å². The van der Waals surface area contributed by atoms with Crippen molar-refractivity contribution in [1.82, 2.24) is 24.0 Å². The van der Waals surface area contributed by atoms with E-state index in [1.54, 1.807) is 12.1 Å². The van der Waals surface area contributed by atoms with E-state index in [-0.39, 0.29) is 11.9 Å². The fourth-order valence-corrected chi connectivity index (χ4v) is 6.48. The molecule has 0 N–H and O–H groups in total. The molecule has 3 heterocycles. The Labute approximate surface area is 197 Å². The number of benzene rings is 1. The van der Waals surface area contributed by atoms with E-state index in [1.165, 1.54) is 10.7 Å². The lowest BCUT2D eigenvalue weighted by Crippen LogP contribution is -2.32. The number of amides is 1. The van der Waals surface area contributed by atoms with Crippen molar-refractivity contribution in [3.63, 3.8) is 0 Å². The Morgan fingerprint density at radius 3 is 2.52 bits per heavy atom. The molecule has 4 rings (SSSR count). The Balaban J connectivity index is 1.40. The van der Waals surface area contributed by atoms with Gasteiger partial charge in [-0.05, 0) is 49.8 Å². The van der Waals surface area contributed by atoms with E-state index in [0.717, 1.165) is 62.4 Å². The third-order valence-corrected chi connectivity index (χ3v) is 8.97. The van der Waals surface area contributed by atoms with Crippen LogP contribution in [0.3, 0.4) is 0 Å². The summed E-state index contributed by atoms with van der Waals surface area (Å²) in [4.78, 5) is 15.4. The number of carbonyl (C=O) groups excluding carboxylic acids is 1. The van der Waals surface area contributed by atoms with Gasteiger partial charge in [0.25, 0.3) is 0 Å². The van der Waals surface area contributed by atoms with Gasteiger partial charge in [-0.25, -0.2) is 8.42 Å². The van der Waals surface area contributed by atoms with Crippen molar-refractivity contribution in [3.05, 3.63) is 41.5 Å². The highest BCUT2D eigenvalue weighted by molar-refractivity contribution is 7.89. The summed E-state index contributed by atoms with van der Waals surface area (Å²) in [5, 5.41) is 8.92. The molecule has 2 aliphatic heterocycles. The van der Waals surface area contributed by atoms with Crippen molar-refractivity contribution in [3.8, 4) is 0 Å². The van der Waals surface area contributed by atoms with Gasteiger partial charge in [0, 0.05) is 39.0 Å². The molecule has 0 spiro atoms. The van der Waals surface area contributed by atoms with E-state index in [9.17, 15) is 13.2 Å². The zero-order chi connectivity index (χ0) is 23.4. The maximum atomic E-state index is 13.1. The number of carbonyl (C=O) groups is 1. The monoisotopic (exact) mass is 473 g/mol. The molecule has 0 saturated carbocycles. The third kappa shape index (κ3) is 4.99. The number of aromatic nitrogens is 3. The topological polar surface area (TPSA) is 88.4 Å². The molecule has 0 aliphatic carbocycles. The maximum Gasteiger partial charge on any atom is 0.243 e. The minimum Gasteiger partial charge on any atom is -0.332 e. The van der Waals surface area contributed by atoms with Gasteiger partial charge in [-0.1, -0.05) is 32.4 Å². The van der Waals surface area contributed by atoms with E-state index < -0.39 is 10.0 Å². The van der Waals surface area contributed by atoms with E-state index in [2.05, 4.69) is 14.8 Å². The van der Waals surface area contributed by atoms with Gasteiger partial charge in [0.05, 0.1) is 10.9 Å². The highest BCUT2D eigenvalue weighted by atomic mass is 32.2. The number of rotatable bonds is 8. The lowest BCUT2D eigenvalue weighted by Gasteiger charge is -2.25. The van der Waals surface area contributed by atoms with Gasteiger partial charge in [0.2, 0.25) is 15.9 Å². The van der Waals surface area contributed by atoms with E-state index >= 15 is 0 Å². The molecule has 180 valence electrons. The van der Waals surface area contributed by atoms with Crippen molar-refractivity contribution >= 4 is 15.9 Å². The molecule has 1 fully saturated rings. The Morgan fingerprint density at radius 2 is 1.79 bits per heavy atom. The summed E-state index contributed by atoms with van der Waals surface area (Å²) in [6, 6.07) is 6.96. The molecule has 9 heteroatoms. The fraction of sp³-hybridized carbons (Fsp3) is 0.625. The average Bonchev–Trinajstić information content (AvgIpc) is 3.39. The van der Waals surface area contributed by atoms with Crippen molar-refractivity contribution in [1.29, 1.82) is 0 Å². The number of sulfonamides is 1. The smallest absolute Gasteiger partial charge is 0.243 e. The lowest BCUT2D eigenvalue weighted by molar-refractivity contribution is -0.132. The van der Waals surface area contributed by atoms with Crippen molar-refractivity contribution in [2.24, 2.45) is 0 Å². The lowest BCUT2D eigenvalue weighted by atomic mass is 10.1. The molecular formula is C24H35N5O3S. The second kappa shape index (κ2) is 10.3. The second-order valence-electron chi connectivity index (χ2n) is 8.92. The molecule has 2 aromatic rings. The van der Waals surface area contributed by atoms with Gasteiger partial charge < -0.3 is 9.47 Å². The average molecular weight is 474 g/mol. The maximum absolute atomic E-state index is 13.1. The zero-order valence-electron chi connectivity index (χ0n) is 19.7. The Bertz CT molecular complexity index is 1060. The normalized spacial score (nSPS) is 19.0. The van der Waals surface area contributed by atoms with Crippen LogP contribution in [0.1, 0.15) is 75.6 Å². The van der Waals surface area contributed by atoms with Crippen LogP contribution in [0.15, 0.2) is 29.2 Å². The first-order valence-corrected chi connectivity index (χ1v) is 13.7. The largest absolute Gasteiger partial charge is 0.332 e. The summed E-state index contributed by atoms with van der Waals surface area (Å²) >= 11 is 0. The van der Waals surface area contributed by atoms with Crippen LogP contribution in [0, 0.1) is 0 Å². The van der Waals surface area contributed by atoms with Crippen LogP contribution >= 0.6 is 0 Å². The molecule has 2 aliphatic rings. The molecule has 0 radical (unpaired) electrons. The summed E-state index contributed by atoms with van der Waals surface area (Å²) < 4.78 is 29.0. The molecule has 1 unspecified atom stereocenters. The minimum absolute atomic E-state index is 0.0124. The first kappa shape index (κ1) is 23.9. The number of aryl methyl sites for hydroxylation is 2. The van der Waals surface area contributed by atoms with Crippen molar-refractivity contribution in [2.45, 2.75) is 82.7 Å². The van der Waals surface area contributed by atoms with Gasteiger partial charge in [-0.2, -0.15) is 4.31 Å². The van der Waals surface area contributed by atoms with E-state index in [1.807, 2.05) is 30.9 Å². The van der Waals surface area contributed by atoms with Crippen LogP contribution in [-0.4, -0.2) is 57.9 Å². The molecule has 1 aromatic carbocycles. The Morgan fingerprint density at radius 1 is 1.03 bits per heavy atom. The van der Waals surface area contributed by atoms with Gasteiger partial charge in [0.1, 0.15) is 5.82 Å². The number of fused-ring (bicyclic) bond motifs is 1. The van der Waals surface area contributed by atoms with Crippen LogP contribution < -0.4 is 0 Å². The van der Waals surface area contributed by atoms with Gasteiger partial charge in [-0.3, -0.25) is 4.79 Å². The standard InChI is InChI=1S/C24H35N5O3S/c1-3-27(4-2)33(31,32)20-14-11-19(12-15-20)13-16-23(30)28-18-8-9-21(28)24-26-25-22-10-6-5-7-17-29(22)24/h11-12,14-15,21H,3-10,13,16-18H2,1-2H3. The first-order valence-electron chi connectivity index (χ1n) is 12.3. The Hall–Kier alpha value is -2.26. The summed E-state index contributed by atoms with van der Waals surface area (Å²) in [7, 11) is -3.46. The predicted octanol–water partition coefficient (Wildman–Crippen LogP) is 3.33. The molecule has 1 aromatic heterocycles. The molecule has 33 heavy (non-hydrogen) atoms. The van der Waals surface area contributed by atoms with Crippen LogP contribution in [0.5, 0.6) is 0 Å². The second-order valence-corrected chi connectivity index (χ2v) is 10.9. The number of likely N-dealkylation sites (tertiary alicyclic amines) is 1. The molecule has 0 bridgehead atoms. The van der Waals surface area contributed by atoms with Crippen LogP contribution in [0.2, 0.25) is 0 Å². The zero-order valence-corrected chi connectivity index (χ0v) is 20.6. The Kier molecular flexibility index (Phi) is 7.48. The minimum atomic E-state index is -3.46. The number of nitrogens with zero attached hydrogens (tertiary/aromatic N) is 5. The number of hydrogen-bond acceptors (Lipinski definition) is 5. The van der Waals surface area contributed by atoms with Gasteiger partial charge in [0.15, 0.2) is 5.82 Å². The number of hydrogen-bond donors (Lipinski definition) is 0. The van der Waals surface area contributed by atoms with Crippen LogP contribution in [0.25, 0.3) is 0 Å². The highest BCUT2D eigenvalue weighted by Crippen LogP contribution is 2.33. The van der Waals surface area contributed by atoms with Crippen molar-refractivity contribution in [2.75, 3.05) is 19.6 Å². The quantitative estimate of drug-likeness (QED) is 0.587. The van der Waals surface area contributed by atoms with E-state index in [4.69, 9.17) is 0 Å². The summed E-state index contributed by atoms with van der Waals surface area (Å²) in [6.45, 7) is 6.27. The molecule has 1 amide bonds. The molecule has 1 saturated heterocycles. The SMILES string of the molecule is CCN(CC)S(=O)(=O)c1ccc(CCC(=O)N2CCCC2c2nnc3n2CCCCC3)cc1. The predicted molar refractivity (Wildman–Crippen MR) is 126 cm³/mol. The van der Waals surface area contributed by atoms with Crippen molar-refractivity contribution < 1.29 is 13.2 Å². The molecule has 8 nitrogen and oxygen atoms in total. The fourth-order valence-electron chi connectivity index (χ4n) is 5.02. The van der Waals surface area contributed by atoms with Gasteiger partial charge >= 0.3 is 0 Å². The highest BCUT2D eigenvalue weighted by Gasteiger charge is 2.34. The molecular weight excluding hydrogens is 438 g/mol. The first-order chi connectivity index (χ1) is 16.0. The molecule has 1 atom stereocenters. The third-order valence-electron chi connectivity index (χ3n) is 6.90.